The van der Waals surface area contributed by atoms with Crippen LogP contribution in [-0.4, -0.2) is 63.8 Å². The van der Waals surface area contributed by atoms with Crippen molar-refractivity contribution in [2.45, 2.75) is 55.9 Å². The molecule has 2 unspecified atom stereocenters. The predicted octanol–water partition coefficient (Wildman–Crippen LogP) is 1.68. The molecule has 3 heterocycles. The molecule has 0 aliphatic carbocycles. The van der Waals surface area contributed by atoms with Crippen molar-refractivity contribution in [3.8, 4) is 0 Å². The molecule has 1 amide bonds. The number of carbonyl (C=O) groups is 1. The zero-order valence-corrected chi connectivity index (χ0v) is 17.2. The first-order valence-electron chi connectivity index (χ1n) is 9.40. The highest BCUT2D eigenvalue weighted by Crippen LogP contribution is 2.26. The molecule has 26 heavy (non-hydrogen) atoms. The Bertz CT molecular complexity index is 739. The van der Waals surface area contributed by atoms with E-state index in [2.05, 4.69) is 10.2 Å². The molecule has 0 radical (unpaired) electrons. The topological polar surface area (TPSA) is 85.2 Å². The Hall–Kier alpha value is -1.09. The molecule has 1 aromatic heterocycles. The Kier molecular flexibility index (Phi) is 6.27. The van der Waals surface area contributed by atoms with Crippen molar-refractivity contribution in [3.63, 3.8) is 0 Å². The molecule has 0 spiro atoms. The van der Waals surface area contributed by atoms with E-state index in [0.717, 1.165) is 36.9 Å². The average Bonchev–Trinajstić information content (AvgIpc) is 2.98. The van der Waals surface area contributed by atoms with Crippen molar-refractivity contribution in [3.05, 3.63) is 5.82 Å². The number of likely N-dealkylation sites (tertiary alicyclic amines) is 1. The maximum absolute atomic E-state index is 12.7. The number of aromatic nitrogens is 3. The highest BCUT2D eigenvalue weighted by molar-refractivity contribution is 8.00. The monoisotopic (exact) mass is 400 g/mol. The van der Waals surface area contributed by atoms with Gasteiger partial charge in [0, 0.05) is 26.6 Å². The van der Waals surface area contributed by atoms with Crippen molar-refractivity contribution < 1.29 is 13.2 Å². The van der Waals surface area contributed by atoms with Crippen LogP contribution in [0, 0.1) is 5.92 Å². The fraction of sp³-hybridized carbons (Fsp3) is 0.824. The van der Waals surface area contributed by atoms with E-state index in [1.54, 1.807) is 0 Å². The number of nitrogens with zero attached hydrogens (tertiary/aromatic N) is 4. The van der Waals surface area contributed by atoms with Gasteiger partial charge in [-0.3, -0.25) is 4.79 Å². The quantitative estimate of drug-likeness (QED) is 0.699. The summed E-state index contributed by atoms with van der Waals surface area (Å²) in [6.07, 6.45) is 5.89. The van der Waals surface area contributed by atoms with Crippen LogP contribution in [0.5, 0.6) is 0 Å². The molecule has 2 fully saturated rings. The van der Waals surface area contributed by atoms with Crippen LogP contribution >= 0.6 is 11.8 Å². The second-order valence-electron chi connectivity index (χ2n) is 7.43. The molecule has 9 heteroatoms. The highest BCUT2D eigenvalue weighted by atomic mass is 32.2. The molecule has 3 rings (SSSR count). The minimum Gasteiger partial charge on any atom is -0.342 e. The van der Waals surface area contributed by atoms with Crippen molar-refractivity contribution in [2.24, 2.45) is 13.0 Å². The summed E-state index contributed by atoms with van der Waals surface area (Å²) in [6.45, 7) is 3.63. The first-order chi connectivity index (χ1) is 12.4. The summed E-state index contributed by atoms with van der Waals surface area (Å²) in [5.41, 5.74) is 0. The number of sulfone groups is 1. The molecule has 0 bridgehead atoms. The Morgan fingerprint density at radius 2 is 1.92 bits per heavy atom. The lowest BCUT2D eigenvalue weighted by Crippen LogP contribution is -2.37. The van der Waals surface area contributed by atoms with Gasteiger partial charge >= 0.3 is 0 Å². The van der Waals surface area contributed by atoms with E-state index in [1.807, 2.05) is 23.4 Å². The number of thioether (sulfide) groups is 1. The lowest BCUT2D eigenvalue weighted by atomic mass is 10.1. The molecule has 1 aromatic rings. The lowest BCUT2D eigenvalue weighted by molar-refractivity contribution is -0.130. The third-order valence-corrected chi connectivity index (χ3v) is 8.23. The van der Waals surface area contributed by atoms with Crippen LogP contribution in [0.15, 0.2) is 5.16 Å². The van der Waals surface area contributed by atoms with Crippen LogP contribution < -0.4 is 0 Å². The molecule has 146 valence electrons. The lowest BCUT2D eigenvalue weighted by Gasteiger charge is -2.23. The van der Waals surface area contributed by atoms with Gasteiger partial charge in [-0.1, -0.05) is 24.6 Å². The largest absolute Gasteiger partial charge is 0.342 e. The van der Waals surface area contributed by atoms with Crippen LogP contribution in [0.25, 0.3) is 0 Å². The van der Waals surface area contributed by atoms with Gasteiger partial charge in [-0.15, -0.1) is 10.2 Å². The first-order valence-corrected chi connectivity index (χ1v) is 12.1. The summed E-state index contributed by atoms with van der Waals surface area (Å²) in [5, 5.41) is 9.00. The van der Waals surface area contributed by atoms with Gasteiger partial charge in [0.2, 0.25) is 5.91 Å². The summed E-state index contributed by atoms with van der Waals surface area (Å²) in [6, 6.07) is 0. The summed E-state index contributed by atoms with van der Waals surface area (Å²) in [7, 11) is -0.987. The minimum absolute atomic E-state index is 0.122. The van der Waals surface area contributed by atoms with E-state index in [1.165, 1.54) is 24.6 Å². The zero-order valence-electron chi connectivity index (χ0n) is 15.6. The fourth-order valence-electron chi connectivity index (χ4n) is 3.67. The summed E-state index contributed by atoms with van der Waals surface area (Å²) >= 11 is 1.44. The van der Waals surface area contributed by atoms with Gasteiger partial charge in [-0.25, -0.2) is 8.42 Å². The SMILES string of the molecule is CC(Sc1nnc(CC2CCS(=O)(=O)C2)n1C)C(=O)N1CCCCCC1. The maximum atomic E-state index is 12.7. The fourth-order valence-corrected chi connectivity index (χ4v) is 6.45. The highest BCUT2D eigenvalue weighted by Gasteiger charge is 2.30. The number of hydrogen-bond acceptors (Lipinski definition) is 6. The van der Waals surface area contributed by atoms with E-state index in [9.17, 15) is 13.2 Å². The number of carbonyl (C=O) groups excluding carboxylic acids is 1. The van der Waals surface area contributed by atoms with Gasteiger partial charge in [0.15, 0.2) is 15.0 Å². The van der Waals surface area contributed by atoms with Gasteiger partial charge in [-0.05, 0) is 32.1 Å². The molecule has 2 atom stereocenters. The minimum atomic E-state index is -2.88. The van der Waals surface area contributed by atoms with Gasteiger partial charge in [-0.2, -0.15) is 0 Å². The van der Waals surface area contributed by atoms with E-state index in [4.69, 9.17) is 0 Å². The predicted molar refractivity (Wildman–Crippen MR) is 102 cm³/mol. The van der Waals surface area contributed by atoms with Crippen molar-refractivity contribution in [1.82, 2.24) is 19.7 Å². The van der Waals surface area contributed by atoms with Crippen LogP contribution in [0.1, 0.15) is 44.9 Å². The zero-order chi connectivity index (χ0) is 18.7. The Morgan fingerprint density at radius 3 is 2.54 bits per heavy atom. The second-order valence-corrected chi connectivity index (χ2v) is 11.0. The normalized spacial score (nSPS) is 24.4. The Labute approximate surface area is 159 Å². The molecule has 2 saturated heterocycles. The van der Waals surface area contributed by atoms with Gasteiger partial charge < -0.3 is 9.47 Å². The van der Waals surface area contributed by atoms with Crippen molar-refractivity contribution in [2.75, 3.05) is 24.6 Å². The third kappa shape index (κ3) is 4.79. The van der Waals surface area contributed by atoms with Crippen LogP contribution in [0.4, 0.5) is 0 Å². The third-order valence-electron chi connectivity index (χ3n) is 5.27. The molecule has 7 nitrogen and oxygen atoms in total. The van der Waals surface area contributed by atoms with Crippen molar-refractivity contribution in [1.29, 1.82) is 0 Å². The molecule has 0 aromatic carbocycles. The number of hydrogen-bond donors (Lipinski definition) is 0. The van der Waals surface area contributed by atoms with E-state index in [0.29, 0.717) is 12.8 Å². The van der Waals surface area contributed by atoms with E-state index in [-0.39, 0.29) is 28.6 Å². The molecule has 2 aliphatic rings. The average molecular weight is 401 g/mol. The second kappa shape index (κ2) is 8.29. The molecular weight excluding hydrogens is 372 g/mol. The van der Waals surface area contributed by atoms with Gasteiger partial charge in [0.1, 0.15) is 5.82 Å². The van der Waals surface area contributed by atoms with Crippen LogP contribution in [-0.2, 0) is 28.1 Å². The maximum Gasteiger partial charge on any atom is 0.235 e. The standard InChI is InChI=1S/C17H28N4O3S2/c1-13(16(22)21-8-5-3-4-6-9-21)25-17-19-18-15(20(17)2)11-14-7-10-26(23,24)12-14/h13-14H,3-12H2,1-2H3. The van der Waals surface area contributed by atoms with E-state index < -0.39 is 9.84 Å². The number of amides is 1. The Morgan fingerprint density at radius 1 is 1.23 bits per heavy atom. The Balaban J connectivity index is 1.59. The summed E-state index contributed by atoms with van der Waals surface area (Å²) < 4.78 is 25.2. The van der Waals surface area contributed by atoms with E-state index >= 15 is 0 Å². The summed E-state index contributed by atoms with van der Waals surface area (Å²) in [5.74, 6) is 1.61. The van der Waals surface area contributed by atoms with Gasteiger partial charge in [0.25, 0.3) is 0 Å². The number of rotatable bonds is 5. The molecule has 0 N–H and O–H groups in total. The van der Waals surface area contributed by atoms with Gasteiger partial charge in [0.05, 0.1) is 16.8 Å². The molecular formula is C17H28N4O3S2. The summed E-state index contributed by atoms with van der Waals surface area (Å²) in [4.78, 5) is 14.7. The van der Waals surface area contributed by atoms with Crippen molar-refractivity contribution >= 4 is 27.5 Å². The van der Waals surface area contributed by atoms with Crippen LogP contribution in [0.2, 0.25) is 0 Å². The first kappa shape index (κ1) is 19.7. The molecule has 2 aliphatic heterocycles. The van der Waals surface area contributed by atoms with Crippen LogP contribution in [0.3, 0.4) is 0 Å². The smallest absolute Gasteiger partial charge is 0.235 e. The molecule has 0 saturated carbocycles.